The summed E-state index contributed by atoms with van der Waals surface area (Å²) in [6.07, 6.45) is 1.59. The second-order valence-electron chi connectivity index (χ2n) is 11.6. The van der Waals surface area contributed by atoms with E-state index in [1.807, 2.05) is 53.1 Å². The molecular weight excluding hydrogens is 506 g/mol. The molecule has 2 heterocycles. The lowest BCUT2D eigenvalue weighted by atomic mass is 9.96. The van der Waals surface area contributed by atoms with Crippen molar-refractivity contribution >= 4 is 46.6 Å². The molecule has 0 saturated heterocycles. The molecule has 0 unspecified atom stereocenters. The maximum absolute atomic E-state index is 13.9. The third-order valence-corrected chi connectivity index (χ3v) is 13.1. The van der Waals surface area contributed by atoms with Crippen LogP contribution in [-0.4, -0.2) is 25.4 Å². The Hall–Kier alpha value is -3.99. The van der Waals surface area contributed by atoms with Crippen LogP contribution in [0.25, 0.3) is 22.0 Å². The summed E-state index contributed by atoms with van der Waals surface area (Å²) in [5.74, 6) is 0.0605. The molecule has 1 aromatic heterocycles. The van der Waals surface area contributed by atoms with Gasteiger partial charge in [-0.05, 0) is 51.5 Å². The van der Waals surface area contributed by atoms with E-state index in [0.717, 1.165) is 46.1 Å². The van der Waals surface area contributed by atoms with E-state index in [1.54, 1.807) is 0 Å². The average Bonchev–Trinajstić information content (AvgIpc) is 3.48. The Morgan fingerprint density at radius 3 is 1.88 bits per heavy atom. The summed E-state index contributed by atoms with van der Waals surface area (Å²) in [7, 11) is -2.61. The van der Waals surface area contributed by atoms with Crippen molar-refractivity contribution in [3.05, 3.63) is 133 Å². The normalized spacial score (nSPS) is 13.7. The average molecular weight is 542 g/mol. The molecule has 4 heteroatoms. The van der Waals surface area contributed by atoms with Gasteiger partial charge in [0.05, 0.1) is 16.8 Å². The zero-order valence-electron chi connectivity index (χ0n) is 23.4. The van der Waals surface area contributed by atoms with Crippen molar-refractivity contribution in [2.75, 3.05) is 6.61 Å². The number of nitrogens with zero attached hydrogens (tertiary/aromatic N) is 1. The van der Waals surface area contributed by atoms with Crippen molar-refractivity contribution in [3.63, 3.8) is 0 Å². The molecule has 0 radical (unpaired) electrons. The van der Waals surface area contributed by atoms with Gasteiger partial charge in [-0.25, -0.2) is 0 Å². The number of rotatable bonds is 8. The zero-order chi connectivity index (χ0) is 27.7. The Bertz CT molecular complexity index is 1640. The Morgan fingerprint density at radius 2 is 1.27 bits per heavy atom. The van der Waals surface area contributed by atoms with Crippen molar-refractivity contribution in [1.82, 2.24) is 4.57 Å². The molecule has 0 bridgehead atoms. The summed E-state index contributed by atoms with van der Waals surface area (Å²) in [5, 5.41) is 3.60. The quantitative estimate of drug-likeness (QED) is 0.150. The third-order valence-electron chi connectivity index (χ3n) is 8.11. The molecule has 0 N–H and O–H groups in total. The molecule has 0 spiro atoms. The highest BCUT2D eigenvalue weighted by Crippen LogP contribution is 2.41. The van der Waals surface area contributed by atoms with Gasteiger partial charge in [-0.15, -0.1) is 0 Å². The van der Waals surface area contributed by atoms with E-state index >= 15 is 0 Å². The van der Waals surface area contributed by atoms with E-state index in [-0.39, 0.29) is 10.9 Å². The van der Waals surface area contributed by atoms with Gasteiger partial charge in [0.25, 0.3) is 14.2 Å². The van der Waals surface area contributed by atoms with Crippen LogP contribution in [-0.2, 0) is 4.43 Å². The summed E-state index contributed by atoms with van der Waals surface area (Å²) < 4.78 is 9.06. The van der Waals surface area contributed by atoms with Crippen molar-refractivity contribution in [2.45, 2.75) is 38.7 Å². The summed E-state index contributed by atoms with van der Waals surface area (Å²) in [5.41, 5.74) is 4.87. The molecule has 6 rings (SSSR count). The van der Waals surface area contributed by atoms with Crippen LogP contribution >= 0.6 is 0 Å². The smallest absolute Gasteiger partial charge is 0.263 e. The molecule has 1 aliphatic rings. The van der Waals surface area contributed by atoms with Gasteiger partial charge < -0.3 is 4.43 Å². The number of carbonyl (C=O) groups excluding carboxylic acids is 1. The second kappa shape index (κ2) is 10.5. The molecule has 200 valence electrons. The van der Waals surface area contributed by atoms with E-state index in [9.17, 15) is 4.79 Å². The topological polar surface area (TPSA) is 31.2 Å². The van der Waals surface area contributed by atoms with E-state index in [2.05, 4.69) is 93.6 Å². The van der Waals surface area contributed by atoms with Gasteiger partial charge in [0.1, 0.15) is 0 Å². The molecule has 4 aromatic carbocycles. The number of benzene rings is 4. The summed E-state index contributed by atoms with van der Waals surface area (Å²) in [6, 6.07) is 42.0. The monoisotopic (exact) mass is 541 g/mol. The first-order chi connectivity index (χ1) is 19.4. The maximum Gasteiger partial charge on any atom is 0.263 e. The largest absolute Gasteiger partial charge is 0.407 e. The summed E-state index contributed by atoms with van der Waals surface area (Å²) in [6.45, 7) is 7.54. The minimum absolute atomic E-state index is 0.0605. The Kier molecular flexibility index (Phi) is 6.91. The fourth-order valence-electron chi connectivity index (χ4n) is 6.36. The molecule has 0 atom stereocenters. The van der Waals surface area contributed by atoms with Crippen LogP contribution in [0.1, 0.15) is 49.7 Å². The van der Waals surface area contributed by atoms with Gasteiger partial charge in [-0.2, -0.15) is 0 Å². The standard InChI is InChI=1S/C36H35NO2Si/c1-36(2,3)40(29-19-9-5-10-20-29,30-21-11-6-12-22-30)39-25-15-23-31-33-26-28-18-13-14-24-32(28)37(33)35(38)34(31)27-16-7-4-8-17-27/h4-14,16-22,24,26H,15,23,25H2,1-3H3. The van der Waals surface area contributed by atoms with Gasteiger partial charge >= 0.3 is 0 Å². The molecule has 0 fully saturated rings. The molecule has 0 saturated carbocycles. The summed E-state index contributed by atoms with van der Waals surface area (Å²) in [4.78, 5) is 13.9. The Labute approximate surface area is 237 Å². The van der Waals surface area contributed by atoms with Crippen molar-refractivity contribution in [1.29, 1.82) is 0 Å². The van der Waals surface area contributed by atoms with Crippen molar-refractivity contribution in [2.24, 2.45) is 0 Å². The first kappa shape index (κ1) is 26.2. The zero-order valence-corrected chi connectivity index (χ0v) is 24.4. The predicted molar refractivity (Wildman–Crippen MR) is 169 cm³/mol. The van der Waals surface area contributed by atoms with Crippen LogP contribution in [0.3, 0.4) is 0 Å². The van der Waals surface area contributed by atoms with E-state index in [1.165, 1.54) is 10.4 Å². The van der Waals surface area contributed by atoms with Gasteiger partial charge in [-0.1, -0.05) is 130 Å². The van der Waals surface area contributed by atoms with Gasteiger partial charge in [-0.3, -0.25) is 9.36 Å². The number of hydrogen-bond donors (Lipinski definition) is 0. The first-order valence-corrected chi connectivity index (χ1v) is 16.0. The van der Waals surface area contributed by atoms with Crippen LogP contribution in [0.15, 0.2) is 121 Å². The molecule has 3 nitrogen and oxygen atoms in total. The lowest BCUT2D eigenvalue weighted by Crippen LogP contribution is -2.66. The first-order valence-electron chi connectivity index (χ1n) is 14.1. The Morgan fingerprint density at radius 1 is 0.725 bits per heavy atom. The fourth-order valence-corrected chi connectivity index (χ4v) is 11.0. The number of carbonyl (C=O) groups is 1. The van der Waals surface area contributed by atoms with E-state index in [0.29, 0.717) is 6.61 Å². The number of aromatic nitrogens is 1. The Balaban J connectivity index is 1.35. The predicted octanol–water partition coefficient (Wildman–Crippen LogP) is 7.56. The van der Waals surface area contributed by atoms with Gasteiger partial charge in [0.2, 0.25) is 0 Å². The molecule has 5 aromatic rings. The second-order valence-corrected chi connectivity index (χ2v) is 15.9. The van der Waals surface area contributed by atoms with Crippen LogP contribution in [0, 0.1) is 0 Å². The highest BCUT2D eigenvalue weighted by atomic mass is 28.4. The molecule has 40 heavy (non-hydrogen) atoms. The highest BCUT2D eigenvalue weighted by Gasteiger charge is 2.50. The number of fused-ring (bicyclic) bond motifs is 3. The lowest BCUT2D eigenvalue weighted by Gasteiger charge is -2.43. The fraction of sp³-hybridized carbons (Fsp3) is 0.194. The maximum atomic E-state index is 13.9. The van der Waals surface area contributed by atoms with Crippen molar-refractivity contribution < 1.29 is 9.22 Å². The minimum atomic E-state index is -2.61. The molecule has 1 aliphatic heterocycles. The van der Waals surface area contributed by atoms with Crippen LogP contribution in [0.2, 0.25) is 5.04 Å². The van der Waals surface area contributed by atoms with Crippen LogP contribution < -0.4 is 10.4 Å². The third kappa shape index (κ3) is 4.38. The number of para-hydroxylation sites is 1. The molecular formula is C36H35NO2Si. The SMILES string of the molecule is CC(C)(C)[Si](OCCCC1=C(c2ccccc2)C(=O)n2c1cc1ccccc12)(c1ccccc1)c1ccccc1. The molecule has 0 amide bonds. The highest BCUT2D eigenvalue weighted by molar-refractivity contribution is 6.99. The van der Waals surface area contributed by atoms with Gasteiger partial charge in [0, 0.05) is 12.0 Å². The number of allylic oxidation sites excluding steroid dienone is 2. The van der Waals surface area contributed by atoms with E-state index in [4.69, 9.17) is 4.43 Å². The van der Waals surface area contributed by atoms with Crippen LogP contribution in [0.5, 0.6) is 0 Å². The lowest BCUT2D eigenvalue weighted by molar-refractivity contribution is 0.0989. The summed E-state index contributed by atoms with van der Waals surface area (Å²) >= 11 is 0. The van der Waals surface area contributed by atoms with E-state index < -0.39 is 8.32 Å². The minimum Gasteiger partial charge on any atom is -0.407 e. The number of hydrogen-bond acceptors (Lipinski definition) is 2. The van der Waals surface area contributed by atoms with Gasteiger partial charge in [0.15, 0.2) is 0 Å². The molecule has 0 aliphatic carbocycles. The van der Waals surface area contributed by atoms with Crippen LogP contribution in [0.4, 0.5) is 0 Å². The van der Waals surface area contributed by atoms with Crippen molar-refractivity contribution in [3.8, 4) is 0 Å².